The van der Waals surface area contributed by atoms with Crippen LogP contribution in [-0.2, 0) is 10.2 Å². The van der Waals surface area contributed by atoms with Gasteiger partial charge in [0, 0.05) is 5.41 Å². The Morgan fingerprint density at radius 2 is 2.15 bits per heavy atom. The monoisotopic (exact) mass is 296 g/mol. The average Bonchev–Trinajstić information content (AvgIpc) is 2.78. The first-order valence-corrected chi connectivity index (χ1v) is 6.74. The highest BCUT2D eigenvalue weighted by molar-refractivity contribution is 6.38. The van der Waals surface area contributed by atoms with Gasteiger partial charge in [0.1, 0.15) is 5.52 Å². The number of nitrogens with one attached hydrogen (secondary N) is 1. The minimum absolute atomic E-state index is 0.211. The number of benzene rings is 1. The Hall–Kier alpha value is -1.75. The van der Waals surface area contributed by atoms with Crippen LogP contribution in [0.2, 0.25) is 5.02 Å². The Bertz CT molecular complexity index is 644. The van der Waals surface area contributed by atoms with Crippen LogP contribution in [0.25, 0.3) is 11.1 Å². The maximum Gasteiger partial charge on any atom is 0.411 e. The van der Waals surface area contributed by atoms with Crippen LogP contribution < -0.4 is 5.32 Å². The molecule has 2 aromatic rings. The predicted octanol–water partition coefficient (Wildman–Crippen LogP) is 4.35. The van der Waals surface area contributed by atoms with E-state index < -0.39 is 6.09 Å². The van der Waals surface area contributed by atoms with E-state index in [1.807, 2.05) is 20.8 Å². The summed E-state index contributed by atoms with van der Waals surface area (Å²) in [5, 5.41) is 2.92. The molecule has 20 heavy (non-hydrogen) atoms. The van der Waals surface area contributed by atoms with E-state index in [1.165, 1.54) is 0 Å². The zero-order valence-electron chi connectivity index (χ0n) is 11.9. The molecule has 6 heteroatoms. The number of anilines is 1. The van der Waals surface area contributed by atoms with Gasteiger partial charge in [-0.3, -0.25) is 5.32 Å². The Labute approximate surface area is 122 Å². The summed E-state index contributed by atoms with van der Waals surface area (Å²) in [7, 11) is 0. The van der Waals surface area contributed by atoms with Crippen molar-refractivity contribution in [2.75, 3.05) is 11.9 Å². The fourth-order valence-corrected chi connectivity index (χ4v) is 1.90. The molecule has 0 radical (unpaired) electrons. The molecule has 0 bridgehead atoms. The molecular weight excluding hydrogens is 280 g/mol. The molecule has 1 amide bonds. The molecule has 2 rings (SSSR count). The van der Waals surface area contributed by atoms with Crippen LogP contribution in [0, 0.1) is 0 Å². The third-order valence-electron chi connectivity index (χ3n) is 2.65. The molecule has 1 N–H and O–H groups in total. The normalized spacial score (nSPS) is 11.7. The van der Waals surface area contributed by atoms with E-state index in [9.17, 15) is 4.79 Å². The lowest BCUT2D eigenvalue weighted by atomic mass is 9.97. The van der Waals surface area contributed by atoms with Crippen molar-refractivity contribution in [1.82, 2.24) is 4.98 Å². The second-order valence-electron chi connectivity index (χ2n) is 5.39. The van der Waals surface area contributed by atoms with E-state index in [0.717, 1.165) is 0 Å². The molecule has 0 saturated carbocycles. The van der Waals surface area contributed by atoms with Crippen LogP contribution >= 0.6 is 11.6 Å². The highest BCUT2D eigenvalue weighted by Gasteiger charge is 2.22. The molecule has 0 saturated heterocycles. The molecule has 1 aromatic carbocycles. The van der Waals surface area contributed by atoms with E-state index in [-0.39, 0.29) is 5.41 Å². The van der Waals surface area contributed by atoms with Gasteiger partial charge in [0.25, 0.3) is 0 Å². The lowest BCUT2D eigenvalue weighted by molar-refractivity contribution is 0.168. The van der Waals surface area contributed by atoms with Crippen molar-refractivity contribution in [1.29, 1.82) is 0 Å². The summed E-state index contributed by atoms with van der Waals surface area (Å²) in [5.74, 6) is 0.600. The number of ether oxygens (including phenoxy) is 1. The number of carbonyl (C=O) groups is 1. The fraction of sp³-hybridized carbons (Fsp3) is 0.429. The van der Waals surface area contributed by atoms with Crippen LogP contribution in [-0.4, -0.2) is 17.7 Å². The number of rotatable bonds is 2. The van der Waals surface area contributed by atoms with Crippen molar-refractivity contribution < 1.29 is 13.9 Å². The molecule has 0 unspecified atom stereocenters. The maximum atomic E-state index is 11.4. The third-order valence-corrected chi connectivity index (χ3v) is 3.04. The Kier molecular flexibility index (Phi) is 3.90. The molecule has 0 atom stereocenters. The first-order chi connectivity index (χ1) is 9.32. The number of halogens is 1. The van der Waals surface area contributed by atoms with Crippen molar-refractivity contribution in [3.63, 3.8) is 0 Å². The van der Waals surface area contributed by atoms with Crippen LogP contribution in [0.3, 0.4) is 0 Å². The highest BCUT2D eigenvalue weighted by Crippen LogP contribution is 2.34. The highest BCUT2D eigenvalue weighted by atomic mass is 35.5. The van der Waals surface area contributed by atoms with Crippen molar-refractivity contribution in [3.05, 3.63) is 23.0 Å². The molecule has 5 nitrogen and oxygen atoms in total. The number of nitrogens with zero attached hydrogens (tertiary/aromatic N) is 1. The van der Waals surface area contributed by atoms with Gasteiger partial charge in [0.15, 0.2) is 5.58 Å². The van der Waals surface area contributed by atoms with Gasteiger partial charge >= 0.3 is 6.09 Å². The van der Waals surface area contributed by atoms with Crippen molar-refractivity contribution in [2.45, 2.75) is 33.1 Å². The van der Waals surface area contributed by atoms with Crippen LogP contribution in [0.15, 0.2) is 16.5 Å². The molecule has 1 heterocycles. The lowest BCUT2D eigenvalue weighted by Crippen LogP contribution is -2.13. The molecule has 0 fully saturated rings. The fourth-order valence-electron chi connectivity index (χ4n) is 1.66. The summed E-state index contributed by atoms with van der Waals surface area (Å²) in [6.07, 6.45) is -0.548. The maximum absolute atomic E-state index is 11.4. The van der Waals surface area contributed by atoms with E-state index in [2.05, 4.69) is 10.3 Å². The smallest absolute Gasteiger partial charge is 0.411 e. The first kappa shape index (κ1) is 14.7. The van der Waals surface area contributed by atoms with E-state index >= 15 is 0 Å². The van der Waals surface area contributed by atoms with Gasteiger partial charge < -0.3 is 9.15 Å². The van der Waals surface area contributed by atoms with E-state index in [4.69, 9.17) is 20.8 Å². The van der Waals surface area contributed by atoms with Gasteiger partial charge in [-0.1, -0.05) is 32.4 Å². The largest absolute Gasteiger partial charge is 0.450 e. The second-order valence-corrected chi connectivity index (χ2v) is 5.77. The quantitative estimate of drug-likeness (QED) is 0.895. The van der Waals surface area contributed by atoms with Crippen molar-refractivity contribution in [3.8, 4) is 0 Å². The van der Waals surface area contributed by atoms with Gasteiger partial charge in [-0.2, -0.15) is 0 Å². The van der Waals surface area contributed by atoms with Gasteiger partial charge in [0.2, 0.25) is 5.89 Å². The van der Waals surface area contributed by atoms with Gasteiger partial charge in [0.05, 0.1) is 17.3 Å². The molecule has 0 spiro atoms. The van der Waals surface area contributed by atoms with Gasteiger partial charge in [-0.25, -0.2) is 9.78 Å². The summed E-state index contributed by atoms with van der Waals surface area (Å²) in [6.45, 7) is 8.04. The summed E-state index contributed by atoms with van der Waals surface area (Å²) in [6, 6.07) is 3.39. The van der Waals surface area contributed by atoms with Gasteiger partial charge in [-0.05, 0) is 19.1 Å². The molecular formula is C14H17ClN2O3. The summed E-state index contributed by atoms with van der Waals surface area (Å²) in [5.41, 5.74) is 1.36. The SMILES string of the molecule is CCOC(=O)Nc1ccc2oc(C(C)(C)C)nc2c1Cl. The number of carbonyl (C=O) groups excluding carboxylic acids is 1. The number of oxazole rings is 1. The van der Waals surface area contributed by atoms with Crippen molar-refractivity contribution in [2.24, 2.45) is 0 Å². The van der Waals surface area contributed by atoms with E-state index in [0.29, 0.717) is 34.3 Å². The standard InChI is InChI=1S/C14H17ClN2O3/c1-5-19-13(18)16-8-6-7-9-11(10(8)15)17-12(20-9)14(2,3)4/h6-7H,5H2,1-4H3,(H,16,18). The van der Waals surface area contributed by atoms with Crippen molar-refractivity contribution >= 4 is 34.5 Å². The van der Waals surface area contributed by atoms with Gasteiger partial charge in [-0.15, -0.1) is 0 Å². The number of hydrogen-bond acceptors (Lipinski definition) is 4. The molecule has 1 aromatic heterocycles. The Morgan fingerprint density at radius 1 is 1.45 bits per heavy atom. The molecule has 0 aliphatic heterocycles. The molecule has 108 valence electrons. The number of aromatic nitrogens is 1. The van der Waals surface area contributed by atoms with Crippen LogP contribution in [0.4, 0.5) is 10.5 Å². The van der Waals surface area contributed by atoms with Crippen LogP contribution in [0.5, 0.6) is 0 Å². The Morgan fingerprint density at radius 3 is 2.75 bits per heavy atom. The zero-order chi connectivity index (χ0) is 14.9. The average molecular weight is 297 g/mol. The summed E-state index contributed by atoms with van der Waals surface area (Å²) >= 11 is 6.26. The topological polar surface area (TPSA) is 64.4 Å². The Balaban J connectivity index is 2.40. The predicted molar refractivity (Wildman–Crippen MR) is 78.4 cm³/mol. The number of hydrogen-bond donors (Lipinski definition) is 1. The minimum Gasteiger partial charge on any atom is -0.450 e. The minimum atomic E-state index is -0.548. The summed E-state index contributed by atoms with van der Waals surface area (Å²) in [4.78, 5) is 15.8. The lowest BCUT2D eigenvalue weighted by Gasteiger charge is -2.11. The number of amides is 1. The number of fused-ring (bicyclic) bond motifs is 1. The summed E-state index contributed by atoms with van der Waals surface area (Å²) < 4.78 is 10.5. The zero-order valence-corrected chi connectivity index (χ0v) is 12.7. The first-order valence-electron chi connectivity index (χ1n) is 6.36. The van der Waals surface area contributed by atoms with E-state index in [1.54, 1.807) is 19.1 Å². The molecule has 0 aliphatic carbocycles. The third kappa shape index (κ3) is 2.88. The second kappa shape index (κ2) is 5.32. The molecule has 0 aliphatic rings. The van der Waals surface area contributed by atoms with Crippen LogP contribution in [0.1, 0.15) is 33.6 Å².